The molecule has 0 aromatic heterocycles. The van der Waals surface area contributed by atoms with Crippen molar-refractivity contribution in [3.8, 4) is 0 Å². The van der Waals surface area contributed by atoms with Crippen LogP contribution in [0.15, 0.2) is 23.1 Å². The molecule has 0 amide bonds. The molecule has 1 rings (SSSR count). The zero-order valence-electron chi connectivity index (χ0n) is 9.11. The fraction of sp³-hybridized carbons (Fsp3) is 0.455. The smallest absolute Gasteiger partial charge is 0.315 e. The minimum absolute atomic E-state index is 0.138. The number of methoxy groups -OCH3 is 2. The van der Waals surface area contributed by atoms with Crippen molar-refractivity contribution < 1.29 is 14.6 Å². The third-order valence-electron chi connectivity index (χ3n) is 2.27. The van der Waals surface area contributed by atoms with E-state index in [0.29, 0.717) is 0 Å². The summed E-state index contributed by atoms with van der Waals surface area (Å²) < 4.78 is 9.53. The highest BCUT2D eigenvalue weighted by Gasteiger charge is 2.29. The van der Waals surface area contributed by atoms with Crippen molar-refractivity contribution in [3.63, 3.8) is 0 Å². The van der Waals surface area contributed by atoms with Gasteiger partial charge in [-0.2, -0.15) is 5.11 Å². The molecule has 0 aliphatic heterocycles. The zero-order valence-corrected chi connectivity index (χ0v) is 10.0. The van der Waals surface area contributed by atoms with Crippen molar-refractivity contribution >= 4 is 12.6 Å². The molecule has 0 unspecified atom stereocenters. The summed E-state index contributed by atoms with van der Waals surface area (Å²) in [5.41, 5.74) is 1.93. The van der Waals surface area contributed by atoms with E-state index >= 15 is 0 Å². The van der Waals surface area contributed by atoms with Crippen LogP contribution in [0.25, 0.3) is 0 Å². The van der Waals surface area contributed by atoms with Crippen molar-refractivity contribution in [1.29, 1.82) is 0 Å². The van der Waals surface area contributed by atoms with Crippen molar-refractivity contribution in [2.24, 2.45) is 0 Å². The SMILES string of the molecule is COC([O])(Cc1ccc(C)cc1S)OC. The Bertz CT molecular complexity index is 335. The minimum Gasteiger partial charge on any atom is -0.329 e. The third kappa shape index (κ3) is 3.21. The first-order valence-corrected chi connectivity index (χ1v) is 5.04. The van der Waals surface area contributed by atoms with Gasteiger partial charge in [0.2, 0.25) is 0 Å². The standard InChI is InChI=1S/C11H15O3S/c1-8-4-5-9(10(15)6-8)7-11(12,13-2)14-3/h4-6,15H,7H2,1-3H3. The minimum atomic E-state index is -1.83. The summed E-state index contributed by atoms with van der Waals surface area (Å²) in [7, 11) is 2.67. The predicted octanol–water partition coefficient (Wildman–Crippen LogP) is 2.20. The van der Waals surface area contributed by atoms with E-state index in [4.69, 9.17) is 9.47 Å². The average Bonchev–Trinajstić information content (AvgIpc) is 2.22. The lowest BCUT2D eigenvalue weighted by molar-refractivity contribution is -0.368. The molecule has 1 radical (unpaired) electrons. The number of benzene rings is 1. The first kappa shape index (κ1) is 12.5. The number of hydrogen-bond donors (Lipinski definition) is 1. The van der Waals surface area contributed by atoms with Gasteiger partial charge in [0.1, 0.15) is 0 Å². The zero-order chi connectivity index (χ0) is 11.5. The molecule has 1 aromatic carbocycles. The van der Waals surface area contributed by atoms with Crippen LogP contribution in [0.4, 0.5) is 0 Å². The topological polar surface area (TPSA) is 38.4 Å². The van der Waals surface area contributed by atoms with E-state index in [9.17, 15) is 5.11 Å². The van der Waals surface area contributed by atoms with E-state index in [0.717, 1.165) is 16.0 Å². The molecule has 0 bridgehead atoms. The number of aryl methyl sites for hydroxylation is 1. The molecular weight excluding hydrogens is 212 g/mol. The highest BCUT2D eigenvalue weighted by Crippen LogP contribution is 2.22. The van der Waals surface area contributed by atoms with E-state index in [1.54, 1.807) is 0 Å². The van der Waals surface area contributed by atoms with Gasteiger partial charge in [0.05, 0.1) is 6.42 Å². The Morgan fingerprint density at radius 3 is 2.40 bits per heavy atom. The maximum Gasteiger partial charge on any atom is 0.315 e. The lowest BCUT2D eigenvalue weighted by atomic mass is 10.1. The highest BCUT2D eigenvalue weighted by molar-refractivity contribution is 7.80. The quantitative estimate of drug-likeness (QED) is 0.632. The van der Waals surface area contributed by atoms with E-state index in [-0.39, 0.29) is 6.42 Å². The molecule has 0 N–H and O–H groups in total. The Morgan fingerprint density at radius 1 is 1.33 bits per heavy atom. The number of hydrogen-bond acceptors (Lipinski definition) is 3. The Kier molecular flexibility index (Phi) is 4.16. The average molecular weight is 227 g/mol. The van der Waals surface area contributed by atoms with E-state index in [1.165, 1.54) is 14.2 Å². The van der Waals surface area contributed by atoms with Gasteiger partial charge in [-0.15, -0.1) is 12.6 Å². The third-order valence-corrected chi connectivity index (χ3v) is 2.69. The highest BCUT2D eigenvalue weighted by atomic mass is 32.1. The Labute approximate surface area is 95.4 Å². The van der Waals surface area contributed by atoms with Crippen LogP contribution in [-0.2, 0) is 21.0 Å². The molecule has 4 heteroatoms. The van der Waals surface area contributed by atoms with Crippen LogP contribution in [0.3, 0.4) is 0 Å². The summed E-state index contributed by atoms with van der Waals surface area (Å²) in [6.07, 6.45) is 0.138. The second kappa shape index (κ2) is 4.99. The van der Waals surface area contributed by atoms with E-state index in [1.807, 2.05) is 25.1 Å². The van der Waals surface area contributed by atoms with Gasteiger partial charge in [-0.25, -0.2) is 0 Å². The normalized spacial score (nSPS) is 11.8. The first-order chi connectivity index (χ1) is 7.00. The van der Waals surface area contributed by atoms with Crippen molar-refractivity contribution in [2.45, 2.75) is 24.2 Å². The second-order valence-corrected chi connectivity index (χ2v) is 3.88. The number of rotatable bonds is 4. The lowest BCUT2D eigenvalue weighted by Crippen LogP contribution is -2.34. The van der Waals surface area contributed by atoms with E-state index < -0.39 is 5.97 Å². The van der Waals surface area contributed by atoms with Gasteiger partial charge < -0.3 is 9.47 Å². The Hall–Kier alpha value is -0.550. The molecule has 0 saturated heterocycles. The molecule has 1 aromatic rings. The van der Waals surface area contributed by atoms with E-state index in [2.05, 4.69) is 12.6 Å². The molecule has 0 saturated carbocycles. The number of ether oxygens (including phenoxy) is 2. The lowest BCUT2D eigenvalue weighted by Gasteiger charge is -2.22. The summed E-state index contributed by atoms with van der Waals surface area (Å²) in [6, 6.07) is 5.70. The van der Waals surface area contributed by atoms with Gasteiger partial charge in [0, 0.05) is 19.1 Å². The first-order valence-electron chi connectivity index (χ1n) is 4.60. The van der Waals surface area contributed by atoms with Crippen LogP contribution >= 0.6 is 12.6 Å². The van der Waals surface area contributed by atoms with Gasteiger partial charge in [-0.05, 0) is 18.6 Å². The summed E-state index contributed by atoms with van der Waals surface area (Å²) in [5.74, 6) is -1.83. The molecule has 0 spiro atoms. The van der Waals surface area contributed by atoms with Gasteiger partial charge in [0.15, 0.2) is 0 Å². The molecule has 0 atom stereocenters. The Morgan fingerprint density at radius 2 is 1.93 bits per heavy atom. The number of thiol groups is 1. The monoisotopic (exact) mass is 227 g/mol. The van der Waals surface area contributed by atoms with Crippen LogP contribution in [0.2, 0.25) is 0 Å². The summed E-state index contributed by atoms with van der Waals surface area (Å²) >= 11 is 4.31. The maximum absolute atomic E-state index is 11.8. The van der Waals surface area contributed by atoms with Crippen LogP contribution in [0, 0.1) is 6.92 Å². The van der Waals surface area contributed by atoms with Gasteiger partial charge in [-0.3, -0.25) is 0 Å². The summed E-state index contributed by atoms with van der Waals surface area (Å²) in [6.45, 7) is 1.97. The summed E-state index contributed by atoms with van der Waals surface area (Å²) in [5, 5.41) is 11.8. The molecule has 0 fully saturated rings. The van der Waals surface area contributed by atoms with Crippen LogP contribution in [0.1, 0.15) is 11.1 Å². The Balaban J connectivity index is 2.89. The van der Waals surface area contributed by atoms with Gasteiger partial charge in [-0.1, -0.05) is 17.7 Å². The predicted molar refractivity (Wildman–Crippen MR) is 59.6 cm³/mol. The fourth-order valence-corrected chi connectivity index (χ4v) is 1.64. The fourth-order valence-electron chi connectivity index (χ4n) is 1.28. The van der Waals surface area contributed by atoms with Crippen molar-refractivity contribution in [2.75, 3.05) is 14.2 Å². The van der Waals surface area contributed by atoms with Crippen LogP contribution < -0.4 is 0 Å². The molecule has 83 valence electrons. The second-order valence-electron chi connectivity index (χ2n) is 3.40. The van der Waals surface area contributed by atoms with Crippen molar-refractivity contribution in [1.82, 2.24) is 0 Å². The molecule has 3 nitrogen and oxygen atoms in total. The molecule has 0 aliphatic rings. The maximum atomic E-state index is 11.8. The molecular formula is C11H15O3S. The summed E-state index contributed by atoms with van der Waals surface area (Å²) in [4.78, 5) is 0.782. The van der Waals surface area contributed by atoms with Crippen LogP contribution in [-0.4, -0.2) is 20.2 Å². The molecule has 0 aliphatic carbocycles. The molecule has 0 heterocycles. The van der Waals surface area contributed by atoms with Gasteiger partial charge >= 0.3 is 5.97 Å². The van der Waals surface area contributed by atoms with Crippen molar-refractivity contribution in [3.05, 3.63) is 29.3 Å². The van der Waals surface area contributed by atoms with Crippen LogP contribution in [0.5, 0.6) is 0 Å². The van der Waals surface area contributed by atoms with Gasteiger partial charge in [0.25, 0.3) is 0 Å². The molecule has 15 heavy (non-hydrogen) atoms. The largest absolute Gasteiger partial charge is 0.329 e.